The van der Waals surface area contributed by atoms with Crippen LogP contribution in [0.2, 0.25) is 0 Å². The number of hydrogen-bond donors (Lipinski definition) is 0. The number of fused-ring (bicyclic) bond motifs is 1. The number of hydrogen-bond acceptors (Lipinski definition) is 2. The molecule has 2 heterocycles. The van der Waals surface area contributed by atoms with Crippen LogP contribution in [0.25, 0.3) is 22.9 Å². The topological polar surface area (TPSA) is 16.1 Å². The molecule has 140 valence electrons. The van der Waals surface area contributed by atoms with Gasteiger partial charge in [0, 0.05) is 25.0 Å². The molecule has 1 aliphatic rings. The lowest BCUT2D eigenvalue weighted by molar-refractivity contribution is 0.446. The van der Waals surface area contributed by atoms with E-state index in [-0.39, 0.29) is 12.4 Å². The highest BCUT2D eigenvalue weighted by molar-refractivity contribution is 5.92. The van der Waals surface area contributed by atoms with Crippen molar-refractivity contribution in [1.29, 1.82) is 0 Å². The molecule has 1 aromatic heterocycles. The lowest BCUT2D eigenvalue weighted by atomic mass is 9.99. The second-order valence-corrected chi connectivity index (χ2v) is 7.49. The van der Waals surface area contributed by atoms with Gasteiger partial charge in [-0.25, -0.2) is 0 Å². The molecule has 4 rings (SSSR count). The number of aryl methyl sites for hydroxylation is 1. The monoisotopic (exact) mass is 378 g/mol. The van der Waals surface area contributed by atoms with E-state index in [1.807, 2.05) is 6.20 Å². The summed E-state index contributed by atoms with van der Waals surface area (Å²) in [4.78, 5) is 7.16. The van der Waals surface area contributed by atoms with E-state index in [4.69, 9.17) is 0 Å². The van der Waals surface area contributed by atoms with Gasteiger partial charge in [-0.05, 0) is 59.7 Å². The van der Waals surface area contributed by atoms with Gasteiger partial charge in [-0.15, -0.1) is 12.4 Å². The van der Waals surface area contributed by atoms with Gasteiger partial charge in [0.15, 0.2) is 0 Å². The SMILES string of the molecule is Cc1cnc(/C=C\c2cccc3ccccc23)cc1N1CCCC(C)C1.Cl. The predicted molar refractivity (Wildman–Crippen MR) is 120 cm³/mol. The molecule has 1 unspecified atom stereocenters. The van der Waals surface area contributed by atoms with Crippen molar-refractivity contribution in [3.05, 3.63) is 71.5 Å². The second kappa shape index (κ2) is 8.58. The summed E-state index contributed by atoms with van der Waals surface area (Å²) in [5, 5.41) is 2.55. The fourth-order valence-corrected chi connectivity index (χ4v) is 3.94. The summed E-state index contributed by atoms with van der Waals surface area (Å²) in [6, 6.07) is 17.2. The first-order valence-corrected chi connectivity index (χ1v) is 9.58. The normalized spacial score (nSPS) is 17.3. The van der Waals surface area contributed by atoms with E-state index in [1.54, 1.807) is 0 Å². The molecule has 3 aromatic rings. The van der Waals surface area contributed by atoms with Crippen LogP contribution in [-0.4, -0.2) is 18.1 Å². The maximum Gasteiger partial charge on any atom is 0.0650 e. The summed E-state index contributed by atoms with van der Waals surface area (Å²) < 4.78 is 0. The molecule has 1 aliphatic heterocycles. The standard InChI is InChI=1S/C24H26N2.ClH/c1-18-7-6-14-26(17-18)24-15-22(25-16-19(24)2)13-12-21-10-5-9-20-8-3-4-11-23(20)21;/h3-5,8-13,15-16,18H,6-7,14,17H2,1-2H3;1H/b13-12-;. The Morgan fingerprint density at radius 2 is 1.89 bits per heavy atom. The minimum atomic E-state index is 0. The first-order chi connectivity index (χ1) is 12.7. The van der Waals surface area contributed by atoms with Crippen LogP contribution >= 0.6 is 12.4 Å². The summed E-state index contributed by atoms with van der Waals surface area (Å²) in [5.74, 6) is 0.769. The van der Waals surface area contributed by atoms with E-state index < -0.39 is 0 Å². The van der Waals surface area contributed by atoms with Crippen LogP contribution in [0, 0.1) is 12.8 Å². The Morgan fingerprint density at radius 1 is 1.07 bits per heavy atom. The fraction of sp³-hybridized carbons (Fsp3) is 0.292. The molecule has 1 saturated heterocycles. The Balaban J connectivity index is 0.00000210. The summed E-state index contributed by atoms with van der Waals surface area (Å²) in [5.41, 5.74) is 4.86. The van der Waals surface area contributed by atoms with Crippen LogP contribution in [0.1, 0.15) is 36.6 Å². The minimum absolute atomic E-state index is 0. The van der Waals surface area contributed by atoms with Gasteiger partial charge >= 0.3 is 0 Å². The van der Waals surface area contributed by atoms with E-state index in [0.29, 0.717) is 0 Å². The Kier molecular flexibility index (Phi) is 6.18. The highest BCUT2D eigenvalue weighted by Crippen LogP contribution is 2.27. The molecule has 0 saturated carbocycles. The highest BCUT2D eigenvalue weighted by atomic mass is 35.5. The van der Waals surface area contributed by atoms with Crippen LogP contribution in [0.15, 0.2) is 54.7 Å². The molecule has 0 radical (unpaired) electrons. The van der Waals surface area contributed by atoms with Crippen molar-refractivity contribution in [2.24, 2.45) is 5.92 Å². The maximum absolute atomic E-state index is 4.63. The first kappa shape index (κ1) is 19.4. The maximum atomic E-state index is 4.63. The second-order valence-electron chi connectivity index (χ2n) is 7.49. The zero-order valence-electron chi connectivity index (χ0n) is 16.1. The van der Waals surface area contributed by atoms with Crippen LogP contribution < -0.4 is 4.90 Å². The lowest BCUT2D eigenvalue weighted by Crippen LogP contribution is -2.34. The zero-order valence-corrected chi connectivity index (χ0v) is 16.9. The van der Waals surface area contributed by atoms with Crippen LogP contribution in [0.5, 0.6) is 0 Å². The van der Waals surface area contributed by atoms with Gasteiger partial charge < -0.3 is 4.90 Å². The molecular weight excluding hydrogens is 352 g/mol. The summed E-state index contributed by atoms with van der Waals surface area (Å²) >= 11 is 0. The molecule has 0 amide bonds. The Labute approximate surface area is 168 Å². The van der Waals surface area contributed by atoms with Gasteiger partial charge in [0.2, 0.25) is 0 Å². The molecule has 0 N–H and O–H groups in total. The number of benzene rings is 2. The number of pyridine rings is 1. The third kappa shape index (κ3) is 4.33. The summed E-state index contributed by atoms with van der Waals surface area (Å²) in [6.07, 6.45) is 8.96. The molecular formula is C24H27ClN2. The molecule has 0 bridgehead atoms. The van der Waals surface area contributed by atoms with E-state index >= 15 is 0 Å². The van der Waals surface area contributed by atoms with Gasteiger partial charge in [0.1, 0.15) is 0 Å². The van der Waals surface area contributed by atoms with Gasteiger partial charge in [-0.2, -0.15) is 0 Å². The van der Waals surface area contributed by atoms with Crippen LogP contribution in [0.4, 0.5) is 5.69 Å². The molecule has 0 aliphatic carbocycles. The highest BCUT2D eigenvalue weighted by Gasteiger charge is 2.18. The molecule has 27 heavy (non-hydrogen) atoms. The number of halogens is 1. The van der Waals surface area contributed by atoms with Crippen molar-refractivity contribution in [3.63, 3.8) is 0 Å². The number of rotatable bonds is 3. The first-order valence-electron chi connectivity index (χ1n) is 9.58. The predicted octanol–water partition coefficient (Wildman–Crippen LogP) is 6.37. The van der Waals surface area contributed by atoms with Crippen molar-refractivity contribution in [3.8, 4) is 0 Å². The Morgan fingerprint density at radius 3 is 2.74 bits per heavy atom. The van der Waals surface area contributed by atoms with E-state index in [2.05, 4.69) is 84.4 Å². The van der Waals surface area contributed by atoms with Crippen molar-refractivity contribution >= 4 is 41.0 Å². The smallest absolute Gasteiger partial charge is 0.0650 e. The Bertz CT molecular complexity index is 943. The number of nitrogens with zero attached hydrogens (tertiary/aromatic N) is 2. The largest absolute Gasteiger partial charge is 0.371 e. The third-order valence-electron chi connectivity index (χ3n) is 5.35. The zero-order chi connectivity index (χ0) is 17.9. The molecule has 2 nitrogen and oxygen atoms in total. The molecule has 1 atom stereocenters. The van der Waals surface area contributed by atoms with E-state index in [0.717, 1.165) is 24.7 Å². The van der Waals surface area contributed by atoms with Crippen molar-refractivity contribution in [2.75, 3.05) is 18.0 Å². The minimum Gasteiger partial charge on any atom is -0.371 e. The quantitative estimate of drug-likeness (QED) is 0.526. The summed E-state index contributed by atoms with van der Waals surface area (Å²) in [7, 11) is 0. The lowest BCUT2D eigenvalue weighted by Gasteiger charge is -2.33. The average Bonchev–Trinajstić information content (AvgIpc) is 2.67. The van der Waals surface area contributed by atoms with Gasteiger partial charge in [0.05, 0.1) is 5.69 Å². The van der Waals surface area contributed by atoms with Crippen LogP contribution in [0.3, 0.4) is 0 Å². The average molecular weight is 379 g/mol. The van der Waals surface area contributed by atoms with Gasteiger partial charge in [0.25, 0.3) is 0 Å². The van der Waals surface area contributed by atoms with Gasteiger partial charge in [-0.3, -0.25) is 4.98 Å². The fourth-order valence-electron chi connectivity index (χ4n) is 3.94. The Hall–Kier alpha value is -2.32. The number of aromatic nitrogens is 1. The molecule has 2 aromatic carbocycles. The number of anilines is 1. The molecule has 3 heteroatoms. The van der Waals surface area contributed by atoms with Crippen molar-refractivity contribution in [2.45, 2.75) is 26.7 Å². The van der Waals surface area contributed by atoms with Gasteiger partial charge in [-0.1, -0.05) is 55.5 Å². The molecule has 1 fully saturated rings. The van der Waals surface area contributed by atoms with Crippen molar-refractivity contribution < 1.29 is 0 Å². The van der Waals surface area contributed by atoms with Crippen molar-refractivity contribution in [1.82, 2.24) is 4.98 Å². The van der Waals surface area contributed by atoms with E-state index in [1.165, 1.54) is 40.4 Å². The third-order valence-corrected chi connectivity index (χ3v) is 5.35. The number of piperidine rings is 1. The summed E-state index contributed by atoms with van der Waals surface area (Å²) in [6.45, 7) is 6.82. The van der Waals surface area contributed by atoms with Crippen LogP contribution in [-0.2, 0) is 0 Å². The van der Waals surface area contributed by atoms with E-state index in [9.17, 15) is 0 Å². The molecule has 0 spiro atoms.